The van der Waals surface area contributed by atoms with Crippen molar-refractivity contribution in [1.29, 1.82) is 0 Å². The molecule has 0 saturated carbocycles. The number of morpholine rings is 1. The molecule has 0 aliphatic carbocycles. The van der Waals surface area contributed by atoms with Crippen LogP contribution in [0.1, 0.15) is 52.1 Å². The summed E-state index contributed by atoms with van der Waals surface area (Å²) in [6.45, 7) is 5.05. The Labute approximate surface area is 170 Å². The average Bonchev–Trinajstić information content (AvgIpc) is 3.31. The van der Waals surface area contributed by atoms with Crippen LogP contribution in [0.2, 0.25) is 0 Å². The lowest BCUT2D eigenvalue weighted by molar-refractivity contribution is 0.0291. The van der Waals surface area contributed by atoms with Gasteiger partial charge < -0.3 is 19.1 Å². The number of rotatable bonds is 2. The van der Waals surface area contributed by atoms with Gasteiger partial charge in [-0.1, -0.05) is 18.2 Å². The summed E-state index contributed by atoms with van der Waals surface area (Å²) in [7, 11) is 0. The van der Waals surface area contributed by atoms with Crippen LogP contribution in [-0.4, -0.2) is 58.6 Å². The highest BCUT2D eigenvalue weighted by molar-refractivity contribution is 6.08. The van der Waals surface area contributed by atoms with Crippen molar-refractivity contribution in [3.05, 3.63) is 47.0 Å². The molecule has 29 heavy (non-hydrogen) atoms. The predicted octanol–water partition coefficient (Wildman–Crippen LogP) is 2.28. The highest BCUT2D eigenvalue weighted by atomic mass is 16.5. The Morgan fingerprint density at radius 1 is 1.07 bits per heavy atom. The van der Waals surface area contributed by atoms with E-state index in [2.05, 4.69) is 18.0 Å². The van der Waals surface area contributed by atoms with Crippen molar-refractivity contribution in [2.45, 2.75) is 45.2 Å². The number of amides is 2. The Morgan fingerprint density at radius 2 is 1.86 bits per heavy atom. The fourth-order valence-electron chi connectivity index (χ4n) is 4.77. The molecule has 0 spiro atoms. The van der Waals surface area contributed by atoms with Gasteiger partial charge in [0, 0.05) is 31.4 Å². The van der Waals surface area contributed by atoms with Crippen LogP contribution in [0, 0.1) is 0 Å². The van der Waals surface area contributed by atoms with Gasteiger partial charge in [-0.15, -0.1) is 0 Å². The summed E-state index contributed by atoms with van der Waals surface area (Å²) >= 11 is 0. The lowest BCUT2D eigenvalue weighted by atomic mass is 10.1. The molecule has 4 heterocycles. The van der Waals surface area contributed by atoms with E-state index in [4.69, 9.17) is 4.74 Å². The van der Waals surface area contributed by atoms with E-state index < -0.39 is 0 Å². The molecule has 1 saturated heterocycles. The normalized spacial score (nSPS) is 21.1. The molecule has 0 bridgehead atoms. The zero-order valence-electron chi connectivity index (χ0n) is 16.8. The number of para-hydroxylation sites is 1. The van der Waals surface area contributed by atoms with Gasteiger partial charge in [0.2, 0.25) is 0 Å². The second-order valence-corrected chi connectivity index (χ2v) is 8.10. The minimum Gasteiger partial charge on any atom is -0.378 e. The summed E-state index contributed by atoms with van der Waals surface area (Å²) in [6, 6.07) is 8.14. The van der Waals surface area contributed by atoms with E-state index in [0.717, 1.165) is 43.6 Å². The van der Waals surface area contributed by atoms with Gasteiger partial charge in [0.1, 0.15) is 0 Å². The molecule has 1 unspecified atom stereocenters. The zero-order chi connectivity index (χ0) is 20.0. The molecule has 0 radical (unpaired) electrons. The molecule has 1 atom stereocenters. The number of anilines is 1. The molecule has 1 fully saturated rings. The summed E-state index contributed by atoms with van der Waals surface area (Å²) in [5.74, 6) is 0.226. The maximum atomic E-state index is 13.6. The van der Waals surface area contributed by atoms with Crippen LogP contribution in [-0.2, 0) is 24.1 Å². The number of ether oxygens (including phenoxy) is 1. The second-order valence-electron chi connectivity index (χ2n) is 8.10. The number of hydrogen-bond donors (Lipinski definition) is 0. The number of hydrogen-bond acceptors (Lipinski definition) is 4. The van der Waals surface area contributed by atoms with Crippen LogP contribution < -0.4 is 4.90 Å². The van der Waals surface area contributed by atoms with Crippen molar-refractivity contribution in [2.24, 2.45) is 0 Å². The van der Waals surface area contributed by atoms with E-state index >= 15 is 0 Å². The fourth-order valence-corrected chi connectivity index (χ4v) is 4.77. The summed E-state index contributed by atoms with van der Waals surface area (Å²) in [5.41, 5.74) is 3.51. The first-order valence-electron chi connectivity index (χ1n) is 10.5. The summed E-state index contributed by atoms with van der Waals surface area (Å²) < 4.78 is 7.36. The minimum absolute atomic E-state index is 0.0826. The molecular formula is C22H26N4O3. The molecule has 3 aliphatic rings. The first-order chi connectivity index (χ1) is 14.1. The summed E-state index contributed by atoms with van der Waals surface area (Å²) in [6.07, 6.45) is 3.65. The molecule has 3 aliphatic heterocycles. The Kier molecular flexibility index (Phi) is 4.62. The molecule has 7 heteroatoms. The number of nitrogens with zero attached hydrogens (tertiary/aromatic N) is 4. The second kappa shape index (κ2) is 7.30. The predicted molar refractivity (Wildman–Crippen MR) is 108 cm³/mol. The topological polar surface area (TPSA) is 67.7 Å². The summed E-state index contributed by atoms with van der Waals surface area (Å²) in [4.78, 5) is 35.1. The first-order valence-corrected chi connectivity index (χ1v) is 10.5. The number of aromatic nitrogens is 2. The standard InChI is InChI=1S/C22H26N4O3/c1-15-14-16-6-2-3-7-17(16)26(15)21(27)19-18-8-4-5-9-25(18)20(23-19)22(28)24-10-12-29-13-11-24/h2-3,6-7,15H,4-5,8-14H2,1H3. The van der Waals surface area contributed by atoms with Crippen molar-refractivity contribution < 1.29 is 14.3 Å². The van der Waals surface area contributed by atoms with E-state index in [1.807, 2.05) is 27.7 Å². The number of benzene rings is 1. The minimum atomic E-state index is -0.0922. The van der Waals surface area contributed by atoms with Crippen LogP contribution in [0.15, 0.2) is 24.3 Å². The molecular weight excluding hydrogens is 368 g/mol. The molecule has 152 valence electrons. The average molecular weight is 394 g/mol. The molecule has 2 amide bonds. The Balaban J connectivity index is 1.53. The lowest BCUT2D eigenvalue weighted by Gasteiger charge is -2.27. The molecule has 1 aromatic heterocycles. The fraction of sp³-hybridized carbons (Fsp3) is 0.500. The van der Waals surface area contributed by atoms with Crippen LogP contribution in [0.4, 0.5) is 5.69 Å². The number of imidazole rings is 1. The SMILES string of the molecule is CC1Cc2ccccc2N1C(=O)c1nc(C(=O)N2CCOCC2)n2c1CCCC2. The Bertz CT molecular complexity index is 961. The smallest absolute Gasteiger partial charge is 0.290 e. The summed E-state index contributed by atoms with van der Waals surface area (Å²) in [5, 5.41) is 0. The van der Waals surface area contributed by atoms with Crippen LogP contribution >= 0.6 is 0 Å². The third kappa shape index (κ3) is 3.04. The van der Waals surface area contributed by atoms with Gasteiger partial charge in [0.05, 0.1) is 18.9 Å². The van der Waals surface area contributed by atoms with Gasteiger partial charge in [0.25, 0.3) is 11.8 Å². The molecule has 0 N–H and O–H groups in total. The van der Waals surface area contributed by atoms with Crippen molar-refractivity contribution in [1.82, 2.24) is 14.5 Å². The third-order valence-corrected chi connectivity index (χ3v) is 6.24. The van der Waals surface area contributed by atoms with Crippen molar-refractivity contribution >= 4 is 17.5 Å². The highest BCUT2D eigenvalue weighted by Crippen LogP contribution is 2.34. The van der Waals surface area contributed by atoms with E-state index in [1.54, 1.807) is 4.90 Å². The number of fused-ring (bicyclic) bond motifs is 2. The molecule has 2 aromatic rings. The van der Waals surface area contributed by atoms with Crippen LogP contribution in [0.25, 0.3) is 0 Å². The van der Waals surface area contributed by atoms with Gasteiger partial charge >= 0.3 is 0 Å². The van der Waals surface area contributed by atoms with Crippen molar-refractivity contribution in [2.75, 3.05) is 31.2 Å². The highest BCUT2D eigenvalue weighted by Gasteiger charge is 2.36. The molecule has 5 rings (SSSR count). The Morgan fingerprint density at radius 3 is 2.69 bits per heavy atom. The first kappa shape index (κ1) is 18.4. The van der Waals surface area contributed by atoms with Gasteiger partial charge in [-0.2, -0.15) is 0 Å². The van der Waals surface area contributed by atoms with Crippen LogP contribution in [0.5, 0.6) is 0 Å². The zero-order valence-corrected chi connectivity index (χ0v) is 16.8. The van der Waals surface area contributed by atoms with Gasteiger partial charge in [-0.05, 0) is 44.2 Å². The van der Waals surface area contributed by atoms with E-state index in [0.29, 0.717) is 37.8 Å². The van der Waals surface area contributed by atoms with E-state index in [-0.39, 0.29) is 17.9 Å². The van der Waals surface area contributed by atoms with E-state index in [9.17, 15) is 9.59 Å². The lowest BCUT2D eigenvalue weighted by Crippen LogP contribution is -2.42. The third-order valence-electron chi connectivity index (χ3n) is 6.24. The molecule has 7 nitrogen and oxygen atoms in total. The largest absolute Gasteiger partial charge is 0.378 e. The number of carbonyl (C=O) groups is 2. The van der Waals surface area contributed by atoms with Gasteiger partial charge in [-0.3, -0.25) is 9.59 Å². The van der Waals surface area contributed by atoms with Gasteiger partial charge in [-0.25, -0.2) is 4.98 Å². The van der Waals surface area contributed by atoms with Crippen LogP contribution in [0.3, 0.4) is 0 Å². The maximum absolute atomic E-state index is 13.6. The van der Waals surface area contributed by atoms with Gasteiger partial charge in [0.15, 0.2) is 11.5 Å². The van der Waals surface area contributed by atoms with Crippen molar-refractivity contribution in [3.8, 4) is 0 Å². The Hall–Kier alpha value is -2.67. The van der Waals surface area contributed by atoms with E-state index in [1.165, 1.54) is 5.56 Å². The quantitative estimate of drug-likeness (QED) is 0.784. The van der Waals surface area contributed by atoms with Crippen molar-refractivity contribution in [3.63, 3.8) is 0 Å². The number of carbonyl (C=O) groups excluding carboxylic acids is 2. The maximum Gasteiger partial charge on any atom is 0.290 e. The molecule has 1 aromatic carbocycles. The monoisotopic (exact) mass is 394 g/mol.